The van der Waals surface area contributed by atoms with Gasteiger partial charge in [0.15, 0.2) is 0 Å². The van der Waals surface area contributed by atoms with Gasteiger partial charge in [0.05, 0.1) is 23.0 Å². The highest BCUT2D eigenvalue weighted by Crippen LogP contribution is 2.44. The number of carbonyl (C=O) groups is 1. The van der Waals surface area contributed by atoms with Crippen LogP contribution in [0.5, 0.6) is 0 Å². The Morgan fingerprint density at radius 3 is 2.28 bits per heavy atom. The zero-order chi connectivity index (χ0) is 27.0. The molecule has 0 atom stereocenters. The van der Waals surface area contributed by atoms with Crippen molar-refractivity contribution in [3.63, 3.8) is 0 Å². The number of alkyl carbamates (subject to hydrolysis) is 1. The van der Waals surface area contributed by atoms with Gasteiger partial charge in [0.2, 0.25) is 5.71 Å². The first kappa shape index (κ1) is 24.8. The zero-order valence-electron chi connectivity index (χ0n) is 22.3. The number of hydrogen-bond donors (Lipinski definition) is 1. The monoisotopic (exact) mass is 518 g/mol. The van der Waals surface area contributed by atoms with Crippen molar-refractivity contribution in [2.75, 3.05) is 0 Å². The number of benzene rings is 2. The molecule has 1 saturated carbocycles. The third-order valence-corrected chi connectivity index (χ3v) is 7.04. The molecule has 0 bridgehead atoms. The van der Waals surface area contributed by atoms with Crippen molar-refractivity contribution in [1.82, 2.24) is 20.3 Å². The van der Waals surface area contributed by atoms with E-state index in [0.29, 0.717) is 22.7 Å². The molecule has 0 aliphatic heterocycles. The minimum absolute atomic E-state index is 0.393. The normalized spacial score (nSPS) is 14.5. The second kappa shape index (κ2) is 9.66. The summed E-state index contributed by atoms with van der Waals surface area (Å²) in [4.78, 5) is 26.6. The van der Waals surface area contributed by atoms with Gasteiger partial charge < -0.3 is 14.5 Å². The molecule has 39 heavy (non-hydrogen) atoms. The summed E-state index contributed by atoms with van der Waals surface area (Å²) < 4.78 is 11.9. The Morgan fingerprint density at radius 1 is 0.897 bits per heavy atom. The molecule has 0 unspecified atom stereocenters. The van der Waals surface area contributed by atoms with Crippen molar-refractivity contribution in [2.45, 2.75) is 51.2 Å². The lowest BCUT2D eigenvalue weighted by Crippen LogP contribution is -2.52. The van der Waals surface area contributed by atoms with E-state index in [9.17, 15) is 4.79 Å². The summed E-state index contributed by atoms with van der Waals surface area (Å²) in [7, 11) is 0. The Hall–Kier alpha value is -4.52. The van der Waals surface area contributed by atoms with E-state index >= 15 is 0 Å². The first-order valence-corrected chi connectivity index (χ1v) is 13.2. The number of rotatable bonds is 5. The van der Waals surface area contributed by atoms with Crippen LogP contribution in [0.3, 0.4) is 0 Å². The fraction of sp³-hybridized carbons (Fsp3) is 0.250. The molecule has 0 spiro atoms. The van der Waals surface area contributed by atoms with Gasteiger partial charge in [0.1, 0.15) is 22.6 Å². The van der Waals surface area contributed by atoms with Gasteiger partial charge in [-0.2, -0.15) is 0 Å². The standard InChI is InChI=1S/C32H30N4O3/c1-31(2,3)39-30(37)36-32(17-9-18-32)23-15-13-22(14-16-23)28-26(21-10-5-4-6-11-21)27-29(38-28)34-20-25(35-27)24-12-7-8-19-33-24/h4-8,10-16,19-20H,9,17-18H2,1-3H3,(H,36,37). The van der Waals surface area contributed by atoms with E-state index in [0.717, 1.165) is 47.2 Å². The summed E-state index contributed by atoms with van der Waals surface area (Å²) in [5.41, 5.74) is 5.45. The number of fused-ring (bicyclic) bond motifs is 1. The SMILES string of the molecule is CC(C)(C)OC(=O)NC1(c2ccc(-c3oc4ncc(-c5ccccn5)nc4c3-c3ccccc3)cc2)CCC1. The van der Waals surface area contributed by atoms with Gasteiger partial charge >= 0.3 is 6.09 Å². The molecule has 7 heteroatoms. The van der Waals surface area contributed by atoms with Gasteiger partial charge in [-0.05, 0) is 63.3 Å². The number of amides is 1. The summed E-state index contributed by atoms with van der Waals surface area (Å²) in [6.45, 7) is 5.61. The van der Waals surface area contributed by atoms with Crippen LogP contribution in [-0.4, -0.2) is 26.6 Å². The lowest BCUT2D eigenvalue weighted by atomic mass is 9.71. The third-order valence-electron chi connectivity index (χ3n) is 7.04. The highest BCUT2D eigenvalue weighted by molar-refractivity contribution is 5.98. The first-order chi connectivity index (χ1) is 18.8. The van der Waals surface area contributed by atoms with Crippen LogP contribution in [0.4, 0.5) is 4.79 Å². The van der Waals surface area contributed by atoms with E-state index < -0.39 is 17.2 Å². The maximum absolute atomic E-state index is 12.6. The number of furan rings is 1. The van der Waals surface area contributed by atoms with Crippen LogP contribution in [0.25, 0.3) is 45.1 Å². The van der Waals surface area contributed by atoms with E-state index in [4.69, 9.17) is 14.1 Å². The second-order valence-corrected chi connectivity index (χ2v) is 10.9. The molecule has 1 N–H and O–H groups in total. The molecule has 0 radical (unpaired) electrons. The maximum atomic E-state index is 12.6. The van der Waals surface area contributed by atoms with E-state index in [2.05, 4.69) is 27.4 Å². The summed E-state index contributed by atoms with van der Waals surface area (Å²) in [5.74, 6) is 0.698. The van der Waals surface area contributed by atoms with Gasteiger partial charge in [0, 0.05) is 11.8 Å². The van der Waals surface area contributed by atoms with E-state index in [-0.39, 0.29) is 0 Å². The Balaban J connectivity index is 1.40. The molecule has 0 saturated heterocycles. The van der Waals surface area contributed by atoms with Crippen LogP contribution in [0.2, 0.25) is 0 Å². The molecule has 196 valence electrons. The average Bonchev–Trinajstić information content (AvgIpc) is 3.30. The number of hydrogen-bond acceptors (Lipinski definition) is 6. The summed E-state index contributed by atoms with van der Waals surface area (Å²) in [6.07, 6.45) is 5.84. The van der Waals surface area contributed by atoms with Gasteiger partial charge in [-0.15, -0.1) is 0 Å². The fourth-order valence-electron chi connectivity index (χ4n) is 5.04. The number of aromatic nitrogens is 3. The minimum atomic E-state index is -0.549. The fourth-order valence-corrected chi connectivity index (χ4v) is 5.04. The molecule has 6 rings (SSSR count). The molecular weight excluding hydrogens is 488 g/mol. The van der Waals surface area contributed by atoms with E-state index in [1.807, 2.05) is 81.4 Å². The topological polar surface area (TPSA) is 90.1 Å². The molecule has 1 aliphatic carbocycles. The highest BCUT2D eigenvalue weighted by Gasteiger charge is 2.41. The summed E-state index contributed by atoms with van der Waals surface area (Å²) in [5, 5.41) is 3.13. The molecule has 7 nitrogen and oxygen atoms in total. The highest BCUT2D eigenvalue weighted by atomic mass is 16.6. The summed E-state index contributed by atoms with van der Waals surface area (Å²) >= 11 is 0. The molecular formula is C32H30N4O3. The lowest BCUT2D eigenvalue weighted by molar-refractivity contribution is 0.0377. The van der Waals surface area contributed by atoms with Crippen LogP contribution >= 0.6 is 0 Å². The Kier molecular flexibility index (Phi) is 6.14. The number of pyridine rings is 1. The van der Waals surface area contributed by atoms with E-state index in [1.165, 1.54) is 0 Å². The van der Waals surface area contributed by atoms with Gasteiger partial charge in [-0.3, -0.25) is 4.98 Å². The number of carbonyl (C=O) groups excluding carboxylic acids is 1. The Morgan fingerprint density at radius 2 is 1.64 bits per heavy atom. The van der Waals surface area contributed by atoms with Crippen molar-refractivity contribution < 1.29 is 13.9 Å². The second-order valence-electron chi connectivity index (χ2n) is 10.9. The summed E-state index contributed by atoms with van der Waals surface area (Å²) in [6, 6.07) is 24.0. The van der Waals surface area contributed by atoms with E-state index in [1.54, 1.807) is 12.4 Å². The van der Waals surface area contributed by atoms with Crippen molar-refractivity contribution in [3.8, 4) is 33.8 Å². The van der Waals surface area contributed by atoms with Crippen LogP contribution in [0, 0.1) is 0 Å². The van der Waals surface area contributed by atoms with Gasteiger partial charge in [0.25, 0.3) is 0 Å². The number of nitrogens with zero attached hydrogens (tertiary/aromatic N) is 3. The molecule has 2 aromatic carbocycles. The molecule has 5 aromatic rings. The largest absolute Gasteiger partial charge is 0.444 e. The molecule has 1 aliphatic rings. The molecule has 1 fully saturated rings. The van der Waals surface area contributed by atoms with Crippen LogP contribution in [-0.2, 0) is 10.3 Å². The minimum Gasteiger partial charge on any atom is -0.444 e. The van der Waals surface area contributed by atoms with Crippen molar-refractivity contribution >= 4 is 17.3 Å². The van der Waals surface area contributed by atoms with Crippen LogP contribution < -0.4 is 5.32 Å². The van der Waals surface area contributed by atoms with Gasteiger partial charge in [-0.25, -0.2) is 14.8 Å². The third kappa shape index (κ3) is 4.88. The zero-order valence-corrected chi connectivity index (χ0v) is 22.3. The van der Waals surface area contributed by atoms with Crippen molar-refractivity contribution in [3.05, 3.63) is 90.8 Å². The van der Waals surface area contributed by atoms with Crippen LogP contribution in [0.15, 0.2) is 89.6 Å². The Labute approximate surface area is 227 Å². The molecule has 1 amide bonds. The number of nitrogens with one attached hydrogen (secondary N) is 1. The number of ether oxygens (including phenoxy) is 1. The van der Waals surface area contributed by atoms with Crippen molar-refractivity contribution in [1.29, 1.82) is 0 Å². The average molecular weight is 519 g/mol. The van der Waals surface area contributed by atoms with Gasteiger partial charge in [-0.1, -0.05) is 60.7 Å². The Bertz CT molecular complexity index is 1620. The molecule has 3 aromatic heterocycles. The first-order valence-electron chi connectivity index (χ1n) is 13.2. The molecule has 3 heterocycles. The maximum Gasteiger partial charge on any atom is 0.408 e. The predicted octanol–water partition coefficient (Wildman–Crippen LogP) is 7.52. The quantitative estimate of drug-likeness (QED) is 0.259. The lowest BCUT2D eigenvalue weighted by Gasteiger charge is -2.43. The predicted molar refractivity (Wildman–Crippen MR) is 151 cm³/mol. The van der Waals surface area contributed by atoms with Crippen LogP contribution in [0.1, 0.15) is 45.6 Å². The van der Waals surface area contributed by atoms with Crippen molar-refractivity contribution in [2.24, 2.45) is 0 Å². The smallest absolute Gasteiger partial charge is 0.408 e.